The van der Waals surface area contributed by atoms with Crippen molar-refractivity contribution in [2.24, 2.45) is 4.52 Å². The van der Waals surface area contributed by atoms with Gasteiger partial charge in [0, 0.05) is 0 Å². The SMILES string of the molecule is CCO/[PH](F)=N/P(F)F. The van der Waals surface area contributed by atoms with E-state index in [1.807, 2.05) is 0 Å². The van der Waals surface area contributed by atoms with Crippen LogP contribution in [0.15, 0.2) is 4.52 Å². The van der Waals surface area contributed by atoms with Gasteiger partial charge < -0.3 is 4.52 Å². The highest BCUT2D eigenvalue weighted by Gasteiger charge is 2.01. The van der Waals surface area contributed by atoms with Gasteiger partial charge >= 0.3 is 8.69 Å². The van der Waals surface area contributed by atoms with Crippen LogP contribution in [0.2, 0.25) is 0 Å². The number of nitrogens with zero attached hydrogens (tertiary/aromatic N) is 1. The molecule has 0 amide bonds. The Hall–Kier alpha value is 0.410. The molecule has 0 saturated heterocycles. The normalized spacial score (nSPS) is 14.8. The van der Waals surface area contributed by atoms with Gasteiger partial charge in [0.25, 0.3) is 8.25 Å². The highest BCUT2D eigenvalue weighted by Crippen LogP contribution is 2.48. The molecule has 1 atom stereocenters. The molecule has 0 spiro atoms. The standard InChI is InChI=1S/C2H6F3NOP2/c1-2-7-9(5)6-8(3)4/h9H,2H2,1H3. The van der Waals surface area contributed by atoms with Gasteiger partial charge in [0.05, 0.1) is 6.61 Å². The lowest BCUT2D eigenvalue weighted by Gasteiger charge is -1.93. The molecular formula is C2H6F3NOP2. The summed E-state index contributed by atoms with van der Waals surface area (Å²) in [5.41, 5.74) is 0. The predicted octanol–water partition coefficient (Wildman–Crippen LogP) is 3.39. The smallest absolute Gasteiger partial charge is 0.323 e. The Balaban J connectivity index is 3.55. The molecule has 0 aromatic carbocycles. The van der Waals surface area contributed by atoms with Crippen LogP contribution in [0.1, 0.15) is 6.92 Å². The summed E-state index contributed by atoms with van der Waals surface area (Å²) in [6, 6.07) is 0. The van der Waals surface area contributed by atoms with Crippen LogP contribution < -0.4 is 0 Å². The molecule has 7 heteroatoms. The minimum Gasteiger partial charge on any atom is -0.323 e. The Kier molecular flexibility index (Phi) is 5.45. The summed E-state index contributed by atoms with van der Waals surface area (Å²) in [4.78, 5) is 0. The quantitative estimate of drug-likeness (QED) is 0.608. The molecule has 0 aliphatic carbocycles. The predicted molar refractivity (Wildman–Crippen MR) is 32.6 cm³/mol. The molecule has 0 radical (unpaired) electrons. The molecule has 0 aromatic rings. The van der Waals surface area contributed by atoms with Gasteiger partial charge in [-0.15, -0.1) is 0 Å². The largest absolute Gasteiger partial charge is 0.395 e. The molecule has 0 bridgehead atoms. The third-order valence-corrected chi connectivity index (χ3v) is 2.18. The molecular weight excluding hydrogens is 173 g/mol. The van der Waals surface area contributed by atoms with Crippen molar-refractivity contribution in [3.63, 3.8) is 0 Å². The molecule has 9 heavy (non-hydrogen) atoms. The highest BCUT2D eigenvalue weighted by molar-refractivity contribution is 7.53. The summed E-state index contributed by atoms with van der Waals surface area (Å²) in [7, 11) is -6.52. The molecule has 0 fully saturated rings. The fourth-order valence-corrected chi connectivity index (χ4v) is 1.15. The van der Waals surface area contributed by atoms with Crippen LogP contribution in [0, 0.1) is 0 Å². The van der Waals surface area contributed by atoms with E-state index >= 15 is 0 Å². The first-order valence-electron chi connectivity index (χ1n) is 2.15. The number of hydrogen-bond donors (Lipinski definition) is 0. The van der Waals surface area contributed by atoms with Crippen LogP contribution in [-0.2, 0) is 4.52 Å². The van der Waals surface area contributed by atoms with Crippen LogP contribution >= 0.6 is 16.9 Å². The number of rotatable bonds is 3. The second-order valence-electron chi connectivity index (χ2n) is 1.00. The summed E-state index contributed by atoms with van der Waals surface area (Å²) in [5.74, 6) is 0. The lowest BCUT2D eigenvalue weighted by molar-refractivity contribution is 0.363. The van der Waals surface area contributed by atoms with Crippen molar-refractivity contribution in [2.75, 3.05) is 6.61 Å². The van der Waals surface area contributed by atoms with Gasteiger partial charge in [-0.05, 0) is 6.92 Å². The van der Waals surface area contributed by atoms with Crippen molar-refractivity contribution in [2.45, 2.75) is 6.92 Å². The van der Waals surface area contributed by atoms with E-state index in [0.29, 0.717) is 0 Å². The third kappa shape index (κ3) is 6.29. The Morgan fingerprint density at radius 2 is 2.22 bits per heavy atom. The molecule has 0 aliphatic heterocycles. The second kappa shape index (κ2) is 5.21. The first-order valence-corrected chi connectivity index (χ1v) is 4.46. The zero-order valence-electron chi connectivity index (χ0n) is 4.64. The maximum absolute atomic E-state index is 11.9. The fraction of sp³-hybridized carbons (Fsp3) is 1.00. The average molecular weight is 179 g/mol. The van der Waals surface area contributed by atoms with Gasteiger partial charge in [-0.2, -0.15) is 17.1 Å². The monoisotopic (exact) mass is 179 g/mol. The summed E-state index contributed by atoms with van der Waals surface area (Å²) in [5, 5.41) is 0. The zero-order chi connectivity index (χ0) is 7.28. The fourth-order valence-electron chi connectivity index (χ4n) is 0.207. The Morgan fingerprint density at radius 3 is 2.56 bits per heavy atom. The van der Waals surface area contributed by atoms with E-state index in [-0.39, 0.29) is 6.61 Å². The summed E-state index contributed by atoms with van der Waals surface area (Å²) in [6.07, 6.45) is 0. The summed E-state index contributed by atoms with van der Waals surface area (Å²) < 4.78 is 40.9. The minimum atomic E-state index is -3.48. The van der Waals surface area contributed by atoms with E-state index in [0.717, 1.165) is 0 Å². The second-order valence-corrected chi connectivity index (χ2v) is 3.03. The molecule has 0 N–H and O–H groups in total. The first kappa shape index (κ1) is 9.41. The van der Waals surface area contributed by atoms with Crippen molar-refractivity contribution in [1.29, 1.82) is 0 Å². The maximum atomic E-state index is 11.9. The van der Waals surface area contributed by atoms with Gasteiger partial charge in [-0.25, -0.2) is 0 Å². The van der Waals surface area contributed by atoms with Crippen molar-refractivity contribution in [1.82, 2.24) is 0 Å². The number of hydrogen-bond acceptors (Lipinski definition) is 2. The van der Waals surface area contributed by atoms with Crippen molar-refractivity contribution >= 4 is 16.9 Å². The van der Waals surface area contributed by atoms with Gasteiger partial charge in [-0.1, -0.05) is 0 Å². The summed E-state index contributed by atoms with van der Waals surface area (Å²) >= 11 is 0. The lowest BCUT2D eigenvalue weighted by Crippen LogP contribution is -1.70. The summed E-state index contributed by atoms with van der Waals surface area (Å²) in [6.45, 7) is 1.62. The third-order valence-electron chi connectivity index (χ3n) is 0.418. The van der Waals surface area contributed by atoms with E-state index < -0.39 is 16.9 Å². The van der Waals surface area contributed by atoms with E-state index in [4.69, 9.17) is 0 Å². The molecule has 0 rings (SSSR count). The van der Waals surface area contributed by atoms with E-state index in [1.54, 1.807) is 0 Å². The lowest BCUT2D eigenvalue weighted by atomic mass is 10.9. The molecule has 0 heterocycles. The van der Waals surface area contributed by atoms with Crippen molar-refractivity contribution in [3.05, 3.63) is 0 Å². The molecule has 56 valence electrons. The van der Waals surface area contributed by atoms with E-state index in [2.05, 4.69) is 9.04 Å². The van der Waals surface area contributed by atoms with Crippen LogP contribution in [-0.4, -0.2) is 6.61 Å². The van der Waals surface area contributed by atoms with Gasteiger partial charge in [-0.3, -0.25) is 0 Å². The first-order chi connectivity index (χ1) is 4.16. The topological polar surface area (TPSA) is 21.6 Å². The highest BCUT2D eigenvalue weighted by atomic mass is 31.2. The van der Waals surface area contributed by atoms with Crippen LogP contribution in [0.4, 0.5) is 12.6 Å². The number of halogens is 3. The Labute approximate surface area is 53.1 Å². The van der Waals surface area contributed by atoms with Gasteiger partial charge in [0.1, 0.15) is 0 Å². The zero-order valence-corrected chi connectivity index (χ0v) is 6.54. The van der Waals surface area contributed by atoms with Crippen LogP contribution in [0.25, 0.3) is 0 Å². The van der Waals surface area contributed by atoms with Crippen LogP contribution in [0.3, 0.4) is 0 Å². The molecule has 1 unspecified atom stereocenters. The maximum Gasteiger partial charge on any atom is 0.395 e. The van der Waals surface area contributed by atoms with Crippen molar-refractivity contribution in [3.8, 4) is 0 Å². The Morgan fingerprint density at radius 1 is 1.67 bits per heavy atom. The van der Waals surface area contributed by atoms with Crippen molar-refractivity contribution < 1.29 is 17.1 Å². The van der Waals surface area contributed by atoms with E-state index in [9.17, 15) is 12.6 Å². The molecule has 0 aromatic heterocycles. The Bertz CT molecular complexity index is 108. The van der Waals surface area contributed by atoms with Crippen LogP contribution in [0.5, 0.6) is 0 Å². The van der Waals surface area contributed by atoms with Gasteiger partial charge in [0.15, 0.2) is 0 Å². The minimum absolute atomic E-state index is 0.0947. The molecule has 0 saturated carbocycles. The molecule has 2 nitrogen and oxygen atoms in total. The van der Waals surface area contributed by atoms with Gasteiger partial charge in [0.2, 0.25) is 0 Å². The average Bonchev–Trinajstić information content (AvgIpc) is 1.63. The van der Waals surface area contributed by atoms with E-state index in [1.165, 1.54) is 6.92 Å². The molecule has 0 aliphatic rings.